The summed E-state index contributed by atoms with van der Waals surface area (Å²) < 4.78 is 0. The highest BCUT2D eigenvalue weighted by Gasteiger charge is 2.05. The van der Waals surface area contributed by atoms with Crippen LogP contribution in [0, 0.1) is 0 Å². The maximum Gasteiger partial charge on any atom is 0.132 e. The fourth-order valence-electron chi connectivity index (χ4n) is 1.41. The quantitative estimate of drug-likeness (QED) is 0.470. The minimum Gasteiger partial charge on any atom is -0.389 e. The number of hydrogen-bond acceptors (Lipinski definition) is 2. The predicted molar refractivity (Wildman–Crippen MR) is 63.8 cm³/mol. The summed E-state index contributed by atoms with van der Waals surface area (Å²) in [6, 6.07) is 0. The molecule has 0 aliphatic heterocycles. The van der Waals surface area contributed by atoms with E-state index in [0.29, 0.717) is 12.2 Å². The zero-order chi connectivity index (χ0) is 11.7. The van der Waals surface area contributed by atoms with Gasteiger partial charge in [0.1, 0.15) is 5.78 Å². The van der Waals surface area contributed by atoms with Gasteiger partial charge >= 0.3 is 0 Å². The van der Waals surface area contributed by atoms with Gasteiger partial charge in [0.25, 0.3) is 0 Å². The van der Waals surface area contributed by atoms with Crippen molar-refractivity contribution in [2.75, 3.05) is 0 Å². The summed E-state index contributed by atoms with van der Waals surface area (Å²) >= 11 is 0. The molecule has 1 unspecified atom stereocenters. The van der Waals surface area contributed by atoms with E-state index in [4.69, 9.17) is 0 Å². The van der Waals surface area contributed by atoms with Gasteiger partial charge < -0.3 is 5.11 Å². The van der Waals surface area contributed by atoms with Crippen LogP contribution in [0.1, 0.15) is 58.8 Å². The largest absolute Gasteiger partial charge is 0.389 e. The van der Waals surface area contributed by atoms with E-state index >= 15 is 0 Å². The second kappa shape index (κ2) is 8.66. The minimum atomic E-state index is -0.393. The molecule has 0 fully saturated rings. The normalized spacial score (nSPS) is 12.5. The van der Waals surface area contributed by atoms with Crippen molar-refractivity contribution in [3.63, 3.8) is 0 Å². The van der Waals surface area contributed by atoms with Crippen LogP contribution in [0.4, 0.5) is 0 Å². The van der Waals surface area contributed by atoms with Crippen molar-refractivity contribution in [1.29, 1.82) is 0 Å². The number of aliphatic hydroxyl groups is 1. The lowest BCUT2D eigenvalue weighted by atomic mass is 10.0. The molecule has 0 aromatic carbocycles. The molecule has 88 valence electrons. The smallest absolute Gasteiger partial charge is 0.132 e. The standard InChI is InChI=1S/C13H24O2/c1-4-5-8-12(14)9-6-7-10-13(15)11(2)3/h13,15H,2,4-10H2,1,3H3. The number of carbonyl (C=O) groups excluding carboxylic acids is 1. The molecule has 15 heavy (non-hydrogen) atoms. The van der Waals surface area contributed by atoms with Gasteiger partial charge in [-0.2, -0.15) is 0 Å². The van der Waals surface area contributed by atoms with E-state index in [-0.39, 0.29) is 0 Å². The molecule has 0 heterocycles. The van der Waals surface area contributed by atoms with Crippen molar-refractivity contribution >= 4 is 5.78 Å². The van der Waals surface area contributed by atoms with Crippen LogP contribution in [-0.4, -0.2) is 17.0 Å². The lowest BCUT2D eigenvalue weighted by molar-refractivity contribution is -0.119. The number of carbonyl (C=O) groups is 1. The van der Waals surface area contributed by atoms with Crippen LogP contribution in [0.2, 0.25) is 0 Å². The molecule has 0 aliphatic carbocycles. The van der Waals surface area contributed by atoms with Crippen molar-refractivity contribution in [2.24, 2.45) is 0 Å². The third-order valence-electron chi connectivity index (χ3n) is 2.56. The highest BCUT2D eigenvalue weighted by Crippen LogP contribution is 2.10. The molecular weight excluding hydrogens is 188 g/mol. The fourth-order valence-corrected chi connectivity index (χ4v) is 1.41. The molecule has 0 aliphatic rings. The van der Waals surface area contributed by atoms with Crippen LogP contribution in [0.3, 0.4) is 0 Å². The van der Waals surface area contributed by atoms with Crippen molar-refractivity contribution in [1.82, 2.24) is 0 Å². The summed E-state index contributed by atoms with van der Waals surface area (Å²) in [6.45, 7) is 7.62. The SMILES string of the molecule is C=C(C)C(O)CCCCC(=O)CCCC. The Morgan fingerprint density at radius 1 is 1.27 bits per heavy atom. The Morgan fingerprint density at radius 2 is 1.87 bits per heavy atom. The van der Waals surface area contributed by atoms with Crippen LogP contribution in [0.5, 0.6) is 0 Å². The molecule has 0 rings (SSSR count). The molecule has 0 bridgehead atoms. The monoisotopic (exact) mass is 212 g/mol. The van der Waals surface area contributed by atoms with Gasteiger partial charge in [-0.25, -0.2) is 0 Å². The topological polar surface area (TPSA) is 37.3 Å². The van der Waals surface area contributed by atoms with E-state index in [9.17, 15) is 9.90 Å². The maximum atomic E-state index is 11.3. The third-order valence-corrected chi connectivity index (χ3v) is 2.56. The molecule has 1 N–H and O–H groups in total. The Balaban J connectivity index is 3.38. The molecule has 0 spiro atoms. The van der Waals surface area contributed by atoms with E-state index in [1.807, 2.05) is 6.92 Å². The second-order valence-corrected chi connectivity index (χ2v) is 4.25. The molecule has 0 radical (unpaired) electrons. The van der Waals surface area contributed by atoms with Crippen LogP contribution in [-0.2, 0) is 4.79 Å². The first kappa shape index (κ1) is 14.4. The summed E-state index contributed by atoms with van der Waals surface area (Å²) in [4.78, 5) is 11.3. The molecule has 0 aromatic rings. The zero-order valence-electron chi connectivity index (χ0n) is 10.1. The number of ketones is 1. The van der Waals surface area contributed by atoms with E-state index in [2.05, 4.69) is 13.5 Å². The Bertz CT molecular complexity index is 197. The first-order valence-corrected chi connectivity index (χ1v) is 5.93. The van der Waals surface area contributed by atoms with Crippen molar-refractivity contribution in [2.45, 2.75) is 64.9 Å². The molecule has 2 heteroatoms. The molecule has 2 nitrogen and oxygen atoms in total. The van der Waals surface area contributed by atoms with Gasteiger partial charge in [0.15, 0.2) is 0 Å². The van der Waals surface area contributed by atoms with Gasteiger partial charge in [-0.05, 0) is 26.2 Å². The highest BCUT2D eigenvalue weighted by atomic mass is 16.3. The number of rotatable bonds is 9. The van der Waals surface area contributed by atoms with Gasteiger partial charge in [-0.1, -0.05) is 31.9 Å². The zero-order valence-corrected chi connectivity index (χ0v) is 10.1. The first-order valence-electron chi connectivity index (χ1n) is 5.93. The average Bonchev–Trinajstić information content (AvgIpc) is 2.20. The number of hydrogen-bond donors (Lipinski definition) is 1. The first-order chi connectivity index (χ1) is 7.07. The van der Waals surface area contributed by atoms with E-state index in [0.717, 1.165) is 44.1 Å². The van der Waals surface area contributed by atoms with Crippen LogP contribution in [0.15, 0.2) is 12.2 Å². The van der Waals surface area contributed by atoms with Crippen molar-refractivity contribution in [3.05, 3.63) is 12.2 Å². The molecule has 0 amide bonds. The number of Topliss-reactive ketones (excluding diaryl/α,β-unsaturated/α-hetero) is 1. The van der Waals surface area contributed by atoms with E-state index in [1.165, 1.54) is 0 Å². The van der Waals surface area contributed by atoms with Gasteiger partial charge in [-0.3, -0.25) is 4.79 Å². The molecule has 1 atom stereocenters. The van der Waals surface area contributed by atoms with Crippen LogP contribution in [0.25, 0.3) is 0 Å². The minimum absolute atomic E-state index is 0.363. The summed E-state index contributed by atoms with van der Waals surface area (Å²) in [7, 11) is 0. The predicted octanol–water partition coefficient (Wildman–Crippen LogP) is 3.24. The average molecular weight is 212 g/mol. The second-order valence-electron chi connectivity index (χ2n) is 4.25. The van der Waals surface area contributed by atoms with Crippen molar-refractivity contribution < 1.29 is 9.90 Å². The summed E-state index contributed by atoms with van der Waals surface area (Å²) in [5.41, 5.74) is 0.812. The van der Waals surface area contributed by atoms with Gasteiger partial charge in [-0.15, -0.1) is 0 Å². The number of unbranched alkanes of at least 4 members (excludes halogenated alkanes) is 2. The highest BCUT2D eigenvalue weighted by molar-refractivity contribution is 5.78. The van der Waals surface area contributed by atoms with Gasteiger partial charge in [0, 0.05) is 12.8 Å². The van der Waals surface area contributed by atoms with Crippen molar-refractivity contribution in [3.8, 4) is 0 Å². The van der Waals surface area contributed by atoms with Crippen LogP contribution >= 0.6 is 0 Å². The summed E-state index contributed by atoms with van der Waals surface area (Å²) in [5.74, 6) is 0.363. The Morgan fingerprint density at radius 3 is 2.40 bits per heavy atom. The molecular formula is C13H24O2. The third kappa shape index (κ3) is 8.37. The Labute approximate surface area is 93.4 Å². The van der Waals surface area contributed by atoms with E-state index in [1.54, 1.807) is 0 Å². The fraction of sp³-hybridized carbons (Fsp3) is 0.769. The maximum absolute atomic E-state index is 11.3. The number of aliphatic hydroxyl groups excluding tert-OH is 1. The van der Waals surface area contributed by atoms with Gasteiger partial charge in [0.2, 0.25) is 0 Å². The lowest BCUT2D eigenvalue weighted by Gasteiger charge is -2.08. The van der Waals surface area contributed by atoms with E-state index < -0.39 is 6.10 Å². The summed E-state index contributed by atoms with van der Waals surface area (Å²) in [6.07, 6.45) is 5.63. The summed E-state index contributed by atoms with van der Waals surface area (Å²) in [5, 5.41) is 9.45. The van der Waals surface area contributed by atoms with Gasteiger partial charge in [0.05, 0.1) is 6.10 Å². The molecule has 0 saturated heterocycles. The lowest BCUT2D eigenvalue weighted by Crippen LogP contribution is -2.07. The van der Waals surface area contributed by atoms with Crippen LogP contribution < -0.4 is 0 Å². The Kier molecular flexibility index (Phi) is 8.30. The Hall–Kier alpha value is -0.630. The molecule has 0 aromatic heterocycles. The molecule has 0 saturated carbocycles.